The fraction of sp³-hybridized carbons (Fsp3) is 0.400. The van der Waals surface area contributed by atoms with Gasteiger partial charge in [-0.3, -0.25) is 0 Å². The van der Waals surface area contributed by atoms with Crippen molar-refractivity contribution in [1.29, 1.82) is 0 Å². The Morgan fingerprint density at radius 2 is 2.11 bits per heavy atom. The molecule has 1 aliphatic heterocycles. The second kappa shape index (κ2) is 5.47. The Morgan fingerprint density at radius 1 is 1.26 bits per heavy atom. The number of hydrogen-bond acceptors (Lipinski definition) is 2. The van der Waals surface area contributed by atoms with Crippen LogP contribution in [0, 0.1) is 0 Å². The summed E-state index contributed by atoms with van der Waals surface area (Å²) in [6.45, 7) is 1.20. The highest BCUT2D eigenvalue weighted by atomic mass is 79.9. The first-order chi connectivity index (χ1) is 9.31. The van der Waals surface area contributed by atoms with E-state index in [9.17, 15) is 5.11 Å². The van der Waals surface area contributed by atoms with Crippen molar-refractivity contribution in [1.82, 2.24) is 9.55 Å². The number of hydrogen-bond donors (Lipinski definition) is 1. The molecule has 0 radical (unpaired) electrons. The third kappa shape index (κ3) is 2.35. The molecule has 0 saturated heterocycles. The number of aliphatic hydroxyl groups is 1. The predicted molar refractivity (Wildman–Crippen MR) is 79.1 cm³/mol. The number of benzene rings is 1. The summed E-state index contributed by atoms with van der Waals surface area (Å²) < 4.78 is 3.36. The molecule has 2 aromatic rings. The molecule has 0 unspecified atom stereocenters. The number of fused-ring (bicyclic) bond motifs is 1. The molecule has 4 heteroatoms. The van der Waals surface area contributed by atoms with Crippen LogP contribution in [0.4, 0.5) is 0 Å². The van der Waals surface area contributed by atoms with Crippen molar-refractivity contribution in [2.75, 3.05) is 6.61 Å². The Balaban J connectivity index is 2.15. The van der Waals surface area contributed by atoms with Gasteiger partial charge in [-0.05, 0) is 18.9 Å². The molecule has 0 amide bonds. The van der Waals surface area contributed by atoms with Crippen molar-refractivity contribution < 1.29 is 5.11 Å². The second-order valence-corrected chi connectivity index (χ2v) is 5.74. The molecule has 1 N–H and O–H groups in total. The molecule has 1 aromatic carbocycles. The Morgan fingerprint density at radius 3 is 2.89 bits per heavy atom. The van der Waals surface area contributed by atoms with E-state index in [1.54, 1.807) is 0 Å². The van der Waals surface area contributed by atoms with Crippen LogP contribution in [0.25, 0.3) is 11.3 Å². The maximum absolute atomic E-state index is 9.33. The average molecular weight is 321 g/mol. The van der Waals surface area contributed by atoms with Crippen LogP contribution in [-0.2, 0) is 19.4 Å². The first-order valence-electron chi connectivity index (χ1n) is 6.75. The fourth-order valence-corrected chi connectivity index (χ4v) is 3.25. The zero-order chi connectivity index (χ0) is 13.2. The van der Waals surface area contributed by atoms with Gasteiger partial charge >= 0.3 is 0 Å². The van der Waals surface area contributed by atoms with Crippen LogP contribution in [0.5, 0.6) is 0 Å². The molecule has 100 valence electrons. The number of aliphatic hydroxyl groups excluding tert-OH is 1. The molecular formula is C15H17BrN2O. The fourth-order valence-electron chi connectivity index (χ4n) is 2.77. The number of aryl methyl sites for hydroxylation is 1. The topological polar surface area (TPSA) is 38.1 Å². The maximum Gasteiger partial charge on any atom is 0.109 e. The van der Waals surface area contributed by atoms with E-state index in [0.717, 1.165) is 28.7 Å². The highest BCUT2D eigenvalue weighted by Gasteiger charge is 2.21. The predicted octanol–water partition coefficient (Wildman–Crippen LogP) is 3.18. The molecule has 0 bridgehead atoms. The van der Waals surface area contributed by atoms with Crippen LogP contribution in [-0.4, -0.2) is 21.3 Å². The highest BCUT2D eigenvalue weighted by Crippen LogP contribution is 2.32. The van der Waals surface area contributed by atoms with Gasteiger partial charge in [-0.1, -0.05) is 34.1 Å². The molecule has 2 heterocycles. The summed E-state index contributed by atoms with van der Waals surface area (Å²) in [7, 11) is 0. The van der Waals surface area contributed by atoms with Gasteiger partial charge in [0.05, 0.1) is 5.69 Å². The number of imidazole rings is 1. The molecule has 0 atom stereocenters. The van der Waals surface area contributed by atoms with Gasteiger partial charge < -0.3 is 9.67 Å². The first kappa shape index (κ1) is 12.9. The minimum absolute atomic E-state index is 0.169. The summed E-state index contributed by atoms with van der Waals surface area (Å²) in [4.78, 5) is 4.82. The van der Waals surface area contributed by atoms with Gasteiger partial charge in [0.2, 0.25) is 0 Å². The van der Waals surface area contributed by atoms with E-state index in [1.807, 2.05) is 18.2 Å². The second-order valence-electron chi connectivity index (χ2n) is 4.89. The van der Waals surface area contributed by atoms with Crippen LogP contribution in [0.15, 0.2) is 28.7 Å². The summed E-state index contributed by atoms with van der Waals surface area (Å²) in [5.74, 6) is 1.17. The van der Waals surface area contributed by atoms with E-state index in [-0.39, 0.29) is 6.61 Å². The molecule has 1 aromatic heterocycles. The molecular weight excluding hydrogens is 304 g/mol. The van der Waals surface area contributed by atoms with E-state index >= 15 is 0 Å². The monoisotopic (exact) mass is 320 g/mol. The molecule has 3 nitrogen and oxygen atoms in total. The van der Waals surface area contributed by atoms with Crippen molar-refractivity contribution >= 4 is 15.9 Å². The van der Waals surface area contributed by atoms with E-state index < -0.39 is 0 Å². The minimum Gasteiger partial charge on any atom is -0.396 e. The molecule has 1 aliphatic rings. The van der Waals surface area contributed by atoms with Crippen LogP contribution in [0.3, 0.4) is 0 Å². The number of aromatic nitrogens is 2. The SMILES string of the molecule is OCCc1c(-c2ccccc2Br)nc2n1CCCC2. The lowest BCUT2D eigenvalue weighted by Gasteiger charge is -2.16. The summed E-state index contributed by atoms with van der Waals surface area (Å²) in [6, 6.07) is 8.16. The summed E-state index contributed by atoms with van der Waals surface area (Å²) in [5, 5.41) is 9.33. The third-order valence-electron chi connectivity index (χ3n) is 3.66. The standard InChI is InChI=1S/C15H17BrN2O/c16-12-6-2-1-5-11(12)15-13(8-10-19)18-9-4-3-7-14(18)17-15/h1-2,5-6,19H,3-4,7-10H2. The van der Waals surface area contributed by atoms with Crippen molar-refractivity contribution in [2.24, 2.45) is 0 Å². The Labute approximate surface area is 121 Å². The van der Waals surface area contributed by atoms with Gasteiger partial charge in [0.15, 0.2) is 0 Å². The number of rotatable bonds is 3. The lowest BCUT2D eigenvalue weighted by Crippen LogP contribution is -2.13. The van der Waals surface area contributed by atoms with Crippen molar-refractivity contribution in [2.45, 2.75) is 32.2 Å². The Bertz CT molecular complexity index is 592. The maximum atomic E-state index is 9.33. The van der Waals surface area contributed by atoms with Crippen LogP contribution < -0.4 is 0 Å². The first-order valence-corrected chi connectivity index (χ1v) is 7.54. The lowest BCUT2D eigenvalue weighted by molar-refractivity contribution is 0.295. The Hall–Kier alpha value is -1.13. The number of nitrogens with zero attached hydrogens (tertiary/aromatic N) is 2. The average Bonchev–Trinajstić information content (AvgIpc) is 2.79. The van der Waals surface area contributed by atoms with E-state index in [4.69, 9.17) is 4.98 Å². The summed E-state index contributed by atoms with van der Waals surface area (Å²) >= 11 is 3.60. The smallest absolute Gasteiger partial charge is 0.109 e. The van der Waals surface area contributed by atoms with Gasteiger partial charge in [0.1, 0.15) is 5.82 Å². The van der Waals surface area contributed by atoms with Gasteiger partial charge in [-0.15, -0.1) is 0 Å². The minimum atomic E-state index is 0.169. The molecule has 0 fully saturated rings. The molecule has 0 saturated carbocycles. The van der Waals surface area contributed by atoms with Crippen molar-refractivity contribution in [3.05, 3.63) is 40.3 Å². The molecule has 19 heavy (non-hydrogen) atoms. The van der Waals surface area contributed by atoms with Gasteiger partial charge in [-0.2, -0.15) is 0 Å². The highest BCUT2D eigenvalue weighted by molar-refractivity contribution is 9.10. The van der Waals surface area contributed by atoms with E-state index in [0.29, 0.717) is 6.42 Å². The van der Waals surface area contributed by atoms with Crippen molar-refractivity contribution in [3.8, 4) is 11.3 Å². The van der Waals surface area contributed by atoms with Gasteiger partial charge in [-0.25, -0.2) is 4.98 Å². The van der Waals surface area contributed by atoms with Gasteiger partial charge in [0.25, 0.3) is 0 Å². The Kier molecular flexibility index (Phi) is 3.71. The van der Waals surface area contributed by atoms with Crippen LogP contribution >= 0.6 is 15.9 Å². The number of halogens is 1. The molecule has 0 spiro atoms. The zero-order valence-corrected chi connectivity index (χ0v) is 12.4. The molecule has 0 aliphatic carbocycles. The zero-order valence-electron chi connectivity index (χ0n) is 10.8. The van der Waals surface area contributed by atoms with Crippen molar-refractivity contribution in [3.63, 3.8) is 0 Å². The van der Waals surface area contributed by atoms with Crippen LogP contribution in [0.1, 0.15) is 24.4 Å². The van der Waals surface area contributed by atoms with E-state index in [1.165, 1.54) is 24.4 Å². The van der Waals surface area contributed by atoms with Crippen LogP contribution in [0.2, 0.25) is 0 Å². The third-order valence-corrected chi connectivity index (χ3v) is 4.35. The molecule has 3 rings (SSSR count). The van der Waals surface area contributed by atoms with E-state index in [2.05, 4.69) is 26.6 Å². The lowest BCUT2D eigenvalue weighted by atomic mass is 10.1. The van der Waals surface area contributed by atoms with Gasteiger partial charge in [0, 0.05) is 41.7 Å². The summed E-state index contributed by atoms with van der Waals surface area (Å²) in [5.41, 5.74) is 3.32. The summed E-state index contributed by atoms with van der Waals surface area (Å²) in [6.07, 6.45) is 4.13. The largest absolute Gasteiger partial charge is 0.396 e. The normalized spacial score (nSPS) is 14.4. The quantitative estimate of drug-likeness (QED) is 0.943.